The van der Waals surface area contributed by atoms with Crippen molar-refractivity contribution in [3.05, 3.63) is 30.1 Å². The van der Waals surface area contributed by atoms with Gasteiger partial charge in [-0.1, -0.05) is 33.6 Å². The first-order valence-electron chi connectivity index (χ1n) is 8.16. The van der Waals surface area contributed by atoms with Gasteiger partial charge < -0.3 is 5.32 Å². The molecule has 0 radical (unpaired) electrons. The first-order valence-corrected chi connectivity index (χ1v) is 8.16. The highest BCUT2D eigenvalue weighted by Crippen LogP contribution is 2.49. The molecule has 1 aromatic heterocycles. The summed E-state index contributed by atoms with van der Waals surface area (Å²) in [6.45, 7) is 7.10. The predicted octanol–water partition coefficient (Wildman–Crippen LogP) is 4.38. The number of pyridine rings is 1. The molecule has 2 atom stereocenters. The van der Waals surface area contributed by atoms with Crippen LogP contribution in [-0.2, 0) is 0 Å². The van der Waals surface area contributed by atoms with E-state index in [1.54, 1.807) is 0 Å². The number of nitrogens with zero attached hydrogens (tertiary/aromatic N) is 1. The Bertz CT molecular complexity index is 393. The van der Waals surface area contributed by atoms with Gasteiger partial charge in [-0.15, -0.1) is 0 Å². The molecule has 0 bridgehead atoms. The maximum atomic E-state index is 4.16. The summed E-state index contributed by atoms with van der Waals surface area (Å²) in [5.74, 6) is 1.31. The molecule has 1 saturated carbocycles. The van der Waals surface area contributed by atoms with Gasteiger partial charge in [0.05, 0.1) is 0 Å². The normalized spacial score (nSPS) is 21.1. The molecule has 1 aromatic rings. The highest BCUT2D eigenvalue weighted by atomic mass is 14.9. The van der Waals surface area contributed by atoms with Crippen LogP contribution in [0.2, 0.25) is 0 Å². The van der Waals surface area contributed by atoms with Crippen LogP contribution in [0.5, 0.6) is 0 Å². The Kier molecular flexibility index (Phi) is 5.20. The van der Waals surface area contributed by atoms with Gasteiger partial charge in [0.1, 0.15) is 0 Å². The molecule has 2 rings (SSSR count). The largest absolute Gasteiger partial charge is 0.316 e. The monoisotopic (exact) mass is 274 g/mol. The smallest absolute Gasteiger partial charge is 0.0270 e. The zero-order valence-electron chi connectivity index (χ0n) is 13.5. The molecule has 2 nitrogen and oxygen atoms in total. The number of aromatic nitrogens is 1. The molecule has 20 heavy (non-hydrogen) atoms. The van der Waals surface area contributed by atoms with Crippen molar-refractivity contribution in [3.63, 3.8) is 0 Å². The topological polar surface area (TPSA) is 24.9 Å². The summed E-state index contributed by atoms with van der Waals surface area (Å²) in [5, 5.41) is 3.67. The average Bonchev–Trinajstić information content (AvgIpc) is 2.88. The maximum absolute atomic E-state index is 4.16. The highest BCUT2D eigenvalue weighted by Gasteiger charge is 2.43. The lowest BCUT2D eigenvalue weighted by atomic mass is 9.67. The van der Waals surface area contributed by atoms with E-state index < -0.39 is 0 Å². The fraction of sp³-hybridized carbons (Fsp3) is 0.722. The van der Waals surface area contributed by atoms with Crippen molar-refractivity contribution in [2.75, 3.05) is 7.05 Å². The second-order valence-corrected chi connectivity index (χ2v) is 7.00. The van der Waals surface area contributed by atoms with Gasteiger partial charge in [-0.2, -0.15) is 0 Å². The first kappa shape index (κ1) is 15.5. The Balaban J connectivity index is 2.24. The van der Waals surface area contributed by atoms with Gasteiger partial charge in [0.15, 0.2) is 0 Å². The Morgan fingerprint density at radius 2 is 1.75 bits per heavy atom. The van der Waals surface area contributed by atoms with Crippen LogP contribution in [0.4, 0.5) is 0 Å². The summed E-state index contributed by atoms with van der Waals surface area (Å²) >= 11 is 0. The van der Waals surface area contributed by atoms with Crippen molar-refractivity contribution >= 4 is 0 Å². The van der Waals surface area contributed by atoms with Crippen molar-refractivity contribution < 1.29 is 0 Å². The van der Waals surface area contributed by atoms with Gasteiger partial charge in [-0.25, -0.2) is 0 Å². The van der Waals surface area contributed by atoms with Crippen molar-refractivity contribution in [1.29, 1.82) is 0 Å². The third-order valence-corrected chi connectivity index (χ3v) is 5.12. The van der Waals surface area contributed by atoms with Gasteiger partial charge in [-0.3, -0.25) is 4.98 Å². The van der Waals surface area contributed by atoms with Crippen LogP contribution in [0.25, 0.3) is 0 Å². The minimum atomic E-state index is 0.478. The van der Waals surface area contributed by atoms with Crippen LogP contribution < -0.4 is 5.32 Å². The highest BCUT2D eigenvalue weighted by molar-refractivity contribution is 5.19. The summed E-state index contributed by atoms with van der Waals surface area (Å²) in [6.07, 6.45) is 10.7. The van der Waals surface area contributed by atoms with E-state index in [4.69, 9.17) is 0 Å². The van der Waals surface area contributed by atoms with Crippen LogP contribution in [-0.4, -0.2) is 18.1 Å². The van der Waals surface area contributed by atoms with E-state index in [1.165, 1.54) is 37.7 Å². The maximum Gasteiger partial charge on any atom is 0.0270 e. The molecule has 2 heteroatoms. The minimum Gasteiger partial charge on any atom is -0.316 e. The van der Waals surface area contributed by atoms with E-state index in [9.17, 15) is 0 Å². The van der Waals surface area contributed by atoms with Crippen molar-refractivity contribution in [2.45, 2.75) is 64.8 Å². The molecule has 0 amide bonds. The second kappa shape index (κ2) is 6.71. The van der Waals surface area contributed by atoms with Crippen LogP contribution >= 0.6 is 0 Å². The standard InChI is InChI=1S/C18H30N2/c1-14(2)13-18(9-5-6-10-18)17(19-4)15(3)16-7-11-20-12-8-16/h7-8,11-12,14-15,17,19H,5-6,9-10,13H2,1-4H3. The fourth-order valence-corrected chi connectivity index (χ4v) is 4.48. The van der Waals surface area contributed by atoms with Gasteiger partial charge in [-0.05, 0) is 61.3 Å². The molecule has 1 aliphatic carbocycles. The van der Waals surface area contributed by atoms with E-state index in [2.05, 4.69) is 50.3 Å². The van der Waals surface area contributed by atoms with E-state index in [0.717, 1.165) is 5.92 Å². The molecule has 1 heterocycles. The first-order chi connectivity index (χ1) is 9.59. The third kappa shape index (κ3) is 3.22. The zero-order chi connectivity index (χ0) is 14.6. The molecule has 2 unspecified atom stereocenters. The molecule has 1 N–H and O–H groups in total. The van der Waals surface area contributed by atoms with E-state index in [0.29, 0.717) is 17.4 Å². The fourth-order valence-electron chi connectivity index (χ4n) is 4.48. The number of rotatable bonds is 6. The molecule has 112 valence electrons. The molecule has 1 aliphatic rings. The van der Waals surface area contributed by atoms with E-state index in [-0.39, 0.29) is 0 Å². The van der Waals surface area contributed by atoms with Crippen molar-refractivity contribution in [2.24, 2.45) is 11.3 Å². The SMILES string of the molecule is CNC(C(C)c1ccncc1)C1(CC(C)C)CCCC1. The molecule has 0 saturated heterocycles. The summed E-state index contributed by atoms with van der Waals surface area (Å²) in [4.78, 5) is 4.16. The van der Waals surface area contributed by atoms with Gasteiger partial charge in [0, 0.05) is 18.4 Å². The lowest BCUT2D eigenvalue weighted by Gasteiger charge is -2.42. The number of nitrogens with one attached hydrogen (secondary N) is 1. The predicted molar refractivity (Wildman–Crippen MR) is 85.9 cm³/mol. The summed E-state index contributed by atoms with van der Waals surface area (Å²) in [6, 6.07) is 4.91. The van der Waals surface area contributed by atoms with Gasteiger partial charge in [0.25, 0.3) is 0 Å². The second-order valence-electron chi connectivity index (χ2n) is 7.00. The summed E-state index contributed by atoms with van der Waals surface area (Å²) < 4.78 is 0. The average molecular weight is 274 g/mol. The van der Waals surface area contributed by atoms with Gasteiger partial charge >= 0.3 is 0 Å². The van der Waals surface area contributed by atoms with Crippen LogP contribution in [0.1, 0.15) is 64.4 Å². The summed E-state index contributed by atoms with van der Waals surface area (Å²) in [7, 11) is 2.14. The van der Waals surface area contributed by atoms with E-state index >= 15 is 0 Å². The molecule has 0 spiro atoms. The Labute approximate surface area is 124 Å². The Hall–Kier alpha value is -0.890. The van der Waals surface area contributed by atoms with Crippen LogP contribution in [0, 0.1) is 11.3 Å². The summed E-state index contributed by atoms with van der Waals surface area (Å²) in [5.41, 5.74) is 1.89. The van der Waals surface area contributed by atoms with Gasteiger partial charge in [0.2, 0.25) is 0 Å². The Morgan fingerprint density at radius 1 is 1.15 bits per heavy atom. The lowest BCUT2D eigenvalue weighted by Crippen LogP contribution is -2.46. The molecular formula is C18H30N2. The van der Waals surface area contributed by atoms with Crippen molar-refractivity contribution in [3.8, 4) is 0 Å². The van der Waals surface area contributed by atoms with E-state index in [1.807, 2.05) is 12.4 Å². The molecular weight excluding hydrogens is 244 g/mol. The van der Waals surface area contributed by atoms with Crippen LogP contribution in [0.15, 0.2) is 24.5 Å². The quantitative estimate of drug-likeness (QED) is 0.832. The zero-order valence-corrected chi connectivity index (χ0v) is 13.5. The molecule has 0 aliphatic heterocycles. The Morgan fingerprint density at radius 3 is 2.25 bits per heavy atom. The van der Waals surface area contributed by atoms with Crippen molar-refractivity contribution in [1.82, 2.24) is 10.3 Å². The molecule has 1 fully saturated rings. The van der Waals surface area contributed by atoms with Crippen LogP contribution in [0.3, 0.4) is 0 Å². The molecule has 0 aromatic carbocycles. The number of hydrogen-bond donors (Lipinski definition) is 1. The number of likely N-dealkylation sites (N-methyl/N-ethyl adjacent to an activating group) is 1. The number of hydrogen-bond acceptors (Lipinski definition) is 2. The minimum absolute atomic E-state index is 0.478. The third-order valence-electron chi connectivity index (χ3n) is 5.12. The lowest BCUT2D eigenvalue weighted by molar-refractivity contribution is 0.144.